The van der Waals surface area contributed by atoms with Crippen LogP contribution in [0.3, 0.4) is 0 Å². The van der Waals surface area contributed by atoms with E-state index in [1.54, 1.807) is 12.1 Å². The minimum Gasteiger partial charge on any atom is -0.495 e. The number of methoxy groups -OCH3 is 1. The lowest BCUT2D eigenvalue weighted by Gasteiger charge is -2.40. The highest BCUT2D eigenvalue weighted by atomic mass is 32.2. The molecule has 0 spiro atoms. The zero-order chi connectivity index (χ0) is 26.0. The number of nitrogens with zero attached hydrogens (tertiary/aromatic N) is 2. The zero-order valence-electron chi connectivity index (χ0n) is 20.8. The van der Waals surface area contributed by atoms with Crippen molar-refractivity contribution in [2.45, 2.75) is 31.7 Å². The number of carbonyl (C=O) groups is 1. The van der Waals surface area contributed by atoms with E-state index in [2.05, 4.69) is 16.3 Å². The summed E-state index contributed by atoms with van der Waals surface area (Å²) in [6.45, 7) is 6.92. The standard InChI is InChI=1S/C27H30FN3O4S/c1-18-6-5-7-21(14-18)31-13-12-30(17-20(31)3)36(33,34)22-9-10-24(28)23(16-22)27(32)29-25-15-19(2)8-11-26(25)35-4/h5-11,14-16,20H,12-13,17H2,1-4H3,(H,29,32)/t20-/m1/s1. The van der Waals surface area contributed by atoms with Crippen molar-refractivity contribution in [1.29, 1.82) is 0 Å². The number of ether oxygens (including phenoxy) is 1. The third kappa shape index (κ3) is 5.22. The predicted molar refractivity (Wildman–Crippen MR) is 139 cm³/mol. The van der Waals surface area contributed by atoms with Crippen molar-refractivity contribution in [3.05, 3.63) is 83.2 Å². The van der Waals surface area contributed by atoms with Gasteiger partial charge in [0.1, 0.15) is 11.6 Å². The van der Waals surface area contributed by atoms with E-state index in [1.807, 2.05) is 45.0 Å². The van der Waals surface area contributed by atoms with Gasteiger partial charge in [0.15, 0.2) is 0 Å². The molecule has 36 heavy (non-hydrogen) atoms. The Morgan fingerprint density at radius 1 is 1.03 bits per heavy atom. The number of hydrogen-bond donors (Lipinski definition) is 1. The Bertz CT molecular complexity index is 1390. The number of halogens is 1. The molecule has 190 valence electrons. The maximum absolute atomic E-state index is 14.6. The summed E-state index contributed by atoms with van der Waals surface area (Å²) < 4.78 is 48.2. The average molecular weight is 512 g/mol. The van der Waals surface area contributed by atoms with Crippen LogP contribution in [0.15, 0.2) is 65.6 Å². The Hall–Kier alpha value is -3.43. The number of sulfonamides is 1. The van der Waals surface area contributed by atoms with Crippen molar-refractivity contribution in [3.8, 4) is 5.75 Å². The van der Waals surface area contributed by atoms with E-state index >= 15 is 0 Å². The molecule has 0 bridgehead atoms. The van der Waals surface area contributed by atoms with Crippen LogP contribution >= 0.6 is 0 Å². The molecule has 1 saturated heterocycles. The van der Waals surface area contributed by atoms with Crippen LogP contribution in [-0.2, 0) is 10.0 Å². The molecule has 0 saturated carbocycles. The first-order valence-electron chi connectivity index (χ1n) is 11.7. The number of anilines is 2. The van der Waals surface area contributed by atoms with Crippen molar-refractivity contribution in [1.82, 2.24) is 4.31 Å². The highest BCUT2D eigenvalue weighted by molar-refractivity contribution is 7.89. The highest BCUT2D eigenvalue weighted by Gasteiger charge is 2.33. The van der Waals surface area contributed by atoms with Crippen molar-refractivity contribution >= 4 is 27.3 Å². The summed E-state index contributed by atoms with van der Waals surface area (Å²) in [4.78, 5) is 15.0. The molecule has 1 aliphatic rings. The minimum absolute atomic E-state index is 0.0627. The third-order valence-corrected chi connectivity index (χ3v) is 8.21. The second-order valence-electron chi connectivity index (χ2n) is 9.04. The summed E-state index contributed by atoms with van der Waals surface area (Å²) in [5, 5.41) is 2.63. The Morgan fingerprint density at radius 3 is 2.47 bits per heavy atom. The van der Waals surface area contributed by atoms with Gasteiger partial charge in [0.25, 0.3) is 5.91 Å². The van der Waals surface area contributed by atoms with E-state index in [1.165, 1.54) is 17.5 Å². The fourth-order valence-corrected chi connectivity index (χ4v) is 5.97. The van der Waals surface area contributed by atoms with Crippen LogP contribution in [0.25, 0.3) is 0 Å². The highest BCUT2D eigenvalue weighted by Crippen LogP contribution is 2.28. The van der Waals surface area contributed by atoms with E-state index < -0.39 is 21.7 Å². The largest absolute Gasteiger partial charge is 0.495 e. The molecule has 3 aromatic rings. The van der Waals surface area contributed by atoms with Gasteiger partial charge in [0.2, 0.25) is 10.0 Å². The van der Waals surface area contributed by atoms with Gasteiger partial charge in [0, 0.05) is 31.4 Å². The molecule has 0 aliphatic carbocycles. The third-order valence-electron chi connectivity index (χ3n) is 6.35. The summed E-state index contributed by atoms with van der Waals surface area (Å²) in [6, 6.07) is 16.6. The fourth-order valence-electron chi connectivity index (χ4n) is 4.43. The van der Waals surface area contributed by atoms with Gasteiger partial charge in [-0.3, -0.25) is 4.79 Å². The van der Waals surface area contributed by atoms with Crippen LogP contribution in [0, 0.1) is 19.7 Å². The summed E-state index contributed by atoms with van der Waals surface area (Å²) in [5.74, 6) is -1.15. The van der Waals surface area contributed by atoms with Crippen LogP contribution in [0.4, 0.5) is 15.8 Å². The first kappa shape index (κ1) is 25.7. The van der Waals surface area contributed by atoms with E-state index in [0.717, 1.165) is 28.9 Å². The number of hydrogen-bond acceptors (Lipinski definition) is 5. The second-order valence-corrected chi connectivity index (χ2v) is 11.0. The molecule has 1 aliphatic heterocycles. The van der Waals surface area contributed by atoms with Gasteiger partial charge in [-0.25, -0.2) is 12.8 Å². The Kier molecular flexibility index (Phi) is 7.33. The molecule has 1 heterocycles. The molecule has 9 heteroatoms. The second kappa shape index (κ2) is 10.3. The van der Waals surface area contributed by atoms with Gasteiger partial charge in [-0.15, -0.1) is 0 Å². The normalized spacial score (nSPS) is 16.6. The van der Waals surface area contributed by atoms with Crippen LogP contribution in [0.1, 0.15) is 28.4 Å². The maximum atomic E-state index is 14.6. The molecule has 0 radical (unpaired) electrons. The van der Waals surface area contributed by atoms with Crippen molar-refractivity contribution in [2.75, 3.05) is 37.0 Å². The summed E-state index contributed by atoms with van der Waals surface area (Å²) >= 11 is 0. The molecular weight excluding hydrogens is 481 g/mol. The lowest BCUT2D eigenvalue weighted by molar-refractivity contribution is 0.102. The number of piperazine rings is 1. The quantitative estimate of drug-likeness (QED) is 0.523. The number of aryl methyl sites for hydroxylation is 2. The molecule has 4 rings (SSSR count). The Balaban J connectivity index is 1.56. The molecule has 0 aromatic heterocycles. The number of rotatable bonds is 6. The molecule has 7 nitrogen and oxygen atoms in total. The molecule has 3 aromatic carbocycles. The molecule has 1 fully saturated rings. The SMILES string of the molecule is COc1ccc(C)cc1NC(=O)c1cc(S(=O)(=O)N2CCN(c3cccc(C)c3)[C@H](C)C2)ccc1F. The zero-order valence-corrected chi connectivity index (χ0v) is 21.6. The number of benzene rings is 3. The monoisotopic (exact) mass is 511 g/mol. The van der Waals surface area contributed by atoms with Gasteiger partial charge < -0.3 is 15.0 Å². The van der Waals surface area contributed by atoms with Crippen LogP contribution in [0.2, 0.25) is 0 Å². The molecular formula is C27H30FN3O4S. The van der Waals surface area contributed by atoms with Crippen molar-refractivity contribution in [3.63, 3.8) is 0 Å². The summed E-state index contributed by atoms with van der Waals surface area (Å²) in [6.07, 6.45) is 0. The summed E-state index contributed by atoms with van der Waals surface area (Å²) in [5.41, 5.74) is 3.08. The van der Waals surface area contributed by atoms with Gasteiger partial charge >= 0.3 is 0 Å². The molecule has 1 amide bonds. The van der Waals surface area contributed by atoms with E-state index in [-0.39, 0.29) is 29.6 Å². The fraction of sp³-hybridized carbons (Fsp3) is 0.296. The van der Waals surface area contributed by atoms with Crippen LogP contribution in [-0.4, -0.2) is 51.4 Å². The van der Waals surface area contributed by atoms with Crippen molar-refractivity contribution < 1.29 is 22.3 Å². The lowest BCUT2D eigenvalue weighted by atomic mass is 10.1. The average Bonchev–Trinajstić information content (AvgIpc) is 2.84. The molecule has 1 atom stereocenters. The molecule has 0 unspecified atom stereocenters. The number of amides is 1. The minimum atomic E-state index is -3.94. The van der Waals surface area contributed by atoms with Crippen LogP contribution in [0.5, 0.6) is 5.75 Å². The van der Waals surface area contributed by atoms with Gasteiger partial charge in [-0.1, -0.05) is 18.2 Å². The van der Waals surface area contributed by atoms with E-state index in [9.17, 15) is 17.6 Å². The van der Waals surface area contributed by atoms with E-state index in [0.29, 0.717) is 18.0 Å². The number of carbonyl (C=O) groups excluding carboxylic acids is 1. The number of nitrogens with one attached hydrogen (secondary N) is 1. The topological polar surface area (TPSA) is 78.9 Å². The lowest BCUT2D eigenvalue weighted by Crippen LogP contribution is -2.53. The maximum Gasteiger partial charge on any atom is 0.258 e. The Morgan fingerprint density at radius 2 is 1.78 bits per heavy atom. The first-order chi connectivity index (χ1) is 17.1. The Labute approximate surface area is 211 Å². The van der Waals surface area contributed by atoms with Crippen molar-refractivity contribution in [2.24, 2.45) is 0 Å². The summed E-state index contributed by atoms with van der Waals surface area (Å²) in [7, 11) is -2.47. The van der Waals surface area contributed by atoms with Gasteiger partial charge in [0.05, 0.1) is 23.3 Å². The van der Waals surface area contributed by atoms with Crippen LogP contribution < -0.4 is 15.0 Å². The first-order valence-corrected chi connectivity index (χ1v) is 13.1. The smallest absolute Gasteiger partial charge is 0.258 e. The molecule has 1 N–H and O–H groups in total. The van der Waals surface area contributed by atoms with E-state index in [4.69, 9.17) is 4.74 Å². The van der Waals surface area contributed by atoms with Gasteiger partial charge in [-0.2, -0.15) is 4.31 Å². The van der Waals surface area contributed by atoms with Gasteiger partial charge in [-0.05, 0) is 74.4 Å². The predicted octanol–water partition coefficient (Wildman–Crippen LogP) is 4.60.